The topological polar surface area (TPSA) is 53.3 Å². The SMILES string of the molecule is CN(C)CC1(OC(=O)c2ccccc2)CCC(C#N)(c2cccs2)CC1. The van der Waals surface area contributed by atoms with Gasteiger partial charge in [-0.25, -0.2) is 4.79 Å². The summed E-state index contributed by atoms with van der Waals surface area (Å²) >= 11 is 1.64. The van der Waals surface area contributed by atoms with Crippen LogP contribution in [0.3, 0.4) is 0 Å². The van der Waals surface area contributed by atoms with E-state index < -0.39 is 11.0 Å². The number of thiophene rings is 1. The highest BCUT2D eigenvalue weighted by atomic mass is 32.1. The van der Waals surface area contributed by atoms with Crippen molar-refractivity contribution in [3.63, 3.8) is 0 Å². The highest BCUT2D eigenvalue weighted by Gasteiger charge is 2.47. The maximum Gasteiger partial charge on any atom is 0.338 e. The molecule has 0 N–H and O–H groups in total. The smallest absolute Gasteiger partial charge is 0.338 e. The maximum atomic E-state index is 12.7. The molecule has 1 heterocycles. The molecule has 2 aromatic rings. The van der Waals surface area contributed by atoms with E-state index in [-0.39, 0.29) is 5.97 Å². The van der Waals surface area contributed by atoms with Gasteiger partial charge in [0.25, 0.3) is 0 Å². The Balaban J connectivity index is 1.80. The molecule has 1 fully saturated rings. The van der Waals surface area contributed by atoms with Crippen LogP contribution < -0.4 is 0 Å². The van der Waals surface area contributed by atoms with E-state index in [1.165, 1.54) is 0 Å². The minimum absolute atomic E-state index is 0.284. The quantitative estimate of drug-likeness (QED) is 0.741. The molecule has 136 valence electrons. The van der Waals surface area contributed by atoms with E-state index in [0.717, 1.165) is 4.88 Å². The molecule has 0 atom stereocenters. The van der Waals surface area contributed by atoms with Gasteiger partial charge in [-0.3, -0.25) is 0 Å². The monoisotopic (exact) mass is 368 g/mol. The zero-order chi connectivity index (χ0) is 18.6. The van der Waals surface area contributed by atoms with Gasteiger partial charge in [-0.1, -0.05) is 24.3 Å². The molecule has 4 nitrogen and oxygen atoms in total. The molecule has 0 spiro atoms. The van der Waals surface area contributed by atoms with Crippen molar-refractivity contribution in [1.82, 2.24) is 4.90 Å². The fraction of sp³-hybridized carbons (Fsp3) is 0.429. The van der Waals surface area contributed by atoms with Gasteiger partial charge in [0.15, 0.2) is 0 Å². The van der Waals surface area contributed by atoms with E-state index in [1.54, 1.807) is 23.5 Å². The van der Waals surface area contributed by atoms with Crippen LogP contribution in [0.2, 0.25) is 0 Å². The van der Waals surface area contributed by atoms with Gasteiger partial charge in [0, 0.05) is 11.4 Å². The number of benzene rings is 1. The molecule has 0 saturated heterocycles. The number of ether oxygens (including phenoxy) is 1. The molecule has 0 amide bonds. The highest BCUT2D eigenvalue weighted by molar-refractivity contribution is 7.10. The van der Waals surface area contributed by atoms with Crippen molar-refractivity contribution in [3.05, 3.63) is 58.3 Å². The summed E-state index contributed by atoms with van der Waals surface area (Å²) in [5, 5.41) is 11.9. The summed E-state index contributed by atoms with van der Waals surface area (Å²) in [5.74, 6) is -0.284. The molecule has 1 saturated carbocycles. The molecule has 1 aliphatic rings. The third-order valence-electron chi connectivity index (χ3n) is 5.14. The second kappa shape index (κ2) is 7.61. The van der Waals surface area contributed by atoms with Crippen LogP contribution in [0.4, 0.5) is 0 Å². The number of hydrogen-bond donors (Lipinski definition) is 0. The number of likely N-dealkylation sites (N-methyl/N-ethyl adjacent to an activating group) is 1. The molecule has 26 heavy (non-hydrogen) atoms. The Hall–Kier alpha value is -2.16. The largest absolute Gasteiger partial charge is 0.454 e. The number of esters is 1. The summed E-state index contributed by atoms with van der Waals surface area (Å²) < 4.78 is 6.04. The van der Waals surface area contributed by atoms with Crippen molar-refractivity contribution < 1.29 is 9.53 Å². The minimum Gasteiger partial charge on any atom is -0.454 e. The predicted octanol–water partition coefficient (Wildman–Crippen LogP) is 4.24. The normalized spacial score (nSPS) is 25.6. The Morgan fingerprint density at radius 2 is 1.85 bits per heavy atom. The fourth-order valence-corrected chi connectivity index (χ4v) is 4.73. The Labute approximate surface area is 159 Å². The maximum absolute atomic E-state index is 12.7. The van der Waals surface area contributed by atoms with Gasteiger partial charge >= 0.3 is 5.97 Å². The lowest BCUT2D eigenvalue weighted by Crippen LogP contribution is -2.49. The molecule has 1 aromatic carbocycles. The Kier molecular flexibility index (Phi) is 5.45. The van der Waals surface area contributed by atoms with Crippen LogP contribution in [0.25, 0.3) is 0 Å². The van der Waals surface area contributed by atoms with E-state index in [0.29, 0.717) is 37.8 Å². The number of carbonyl (C=O) groups excluding carboxylic acids is 1. The van der Waals surface area contributed by atoms with E-state index in [1.807, 2.05) is 49.8 Å². The molecule has 1 aliphatic carbocycles. The van der Waals surface area contributed by atoms with Gasteiger partial charge in [0.05, 0.1) is 17.0 Å². The lowest BCUT2D eigenvalue weighted by Gasteiger charge is -2.43. The van der Waals surface area contributed by atoms with E-state index >= 15 is 0 Å². The molecule has 0 aliphatic heterocycles. The summed E-state index contributed by atoms with van der Waals surface area (Å²) in [6.45, 7) is 0.664. The second-order valence-corrected chi connectivity index (χ2v) is 8.30. The third kappa shape index (κ3) is 3.82. The summed E-state index contributed by atoms with van der Waals surface area (Å²) in [6.07, 6.45) is 2.80. The molecule has 0 radical (unpaired) electrons. The number of nitriles is 1. The first-order valence-electron chi connectivity index (χ1n) is 8.87. The first-order valence-corrected chi connectivity index (χ1v) is 9.75. The van der Waals surface area contributed by atoms with Crippen LogP contribution in [0.5, 0.6) is 0 Å². The van der Waals surface area contributed by atoms with Gasteiger partial charge in [-0.05, 0) is 63.4 Å². The summed E-state index contributed by atoms with van der Waals surface area (Å²) in [5.41, 5.74) is -0.432. The average molecular weight is 369 g/mol. The highest BCUT2D eigenvalue weighted by Crippen LogP contribution is 2.46. The van der Waals surface area contributed by atoms with E-state index in [2.05, 4.69) is 11.0 Å². The summed E-state index contributed by atoms with van der Waals surface area (Å²) in [6, 6.07) is 15.7. The van der Waals surface area contributed by atoms with Gasteiger partial charge in [0.1, 0.15) is 5.60 Å². The zero-order valence-corrected chi connectivity index (χ0v) is 16.1. The van der Waals surface area contributed by atoms with Crippen molar-refractivity contribution in [3.8, 4) is 6.07 Å². The first kappa shape index (κ1) is 18.6. The van der Waals surface area contributed by atoms with Gasteiger partial charge < -0.3 is 9.64 Å². The molecular weight excluding hydrogens is 344 g/mol. The number of rotatable bonds is 5. The Morgan fingerprint density at radius 1 is 1.15 bits per heavy atom. The first-order chi connectivity index (χ1) is 12.5. The van der Waals surface area contributed by atoms with Crippen molar-refractivity contribution >= 4 is 17.3 Å². The standard InChI is InChI=1S/C21H24N2O2S/c1-23(2)16-21(25-19(24)17-7-4-3-5-8-17)12-10-20(15-22,11-13-21)18-9-6-14-26-18/h3-9,14H,10-13,16H2,1-2H3. The summed E-state index contributed by atoms with van der Waals surface area (Å²) in [4.78, 5) is 15.8. The van der Waals surface area contributed by atoms with Crippen LogP contribution in [-0.4, -0.2) is 37.1 Å². The third-order valence-corrected chi connectivity index (χ3v) is 6.22. The predicted molar refractivity (Wildman–Crippen MR) is 103 cm³/mol. The van der Waals surface area contributed by atoms with Crippen molar-refractivity contribution in [2.24, 2.45) is 0 Å². The molecule has 1 aromatic heterocycles. The molecule has 0 unspecified atom stereocenters. The van der Waals surface area contributed by atoms with E-state index in [9.17, 15) is 10.1 Å². The van der Waals surface area contributed by atoms with E-state index in [4.69, 9.17) is 4.74 Å². The molecule has 3 rings (SSSR count). The van der Waals surface area contributed by atoms with Gasteiger partial charge in [-0.2, -0.15) is 5.26 Å². The lowest BCUT2D eigenvalue weighted by atomic mass is 9.68. The molecule has 0 bridgehead atoms. The lowest BCUT2D eigenvalue weighted by molar-refractivity contribution is -0.0558. The second-order valence-electron chi connectivity index (χ2n) is 7.35. The number of hydrogen-bond acceptors (Lipinski definition) is 5. The fourth-order valence-electron chi connectivity index (χ4n) is 3.80. The molecular formula is C21H24N2O2S. The molecule has 5 heteroatoms. The van der Waals surface area contributed by atoms with Crippen LogP contribution in [0, 0.1) is 11.3 Å². The van der Waals surface area contributed by atoms with Crippen LogP contribution >= 0.6 is 11.3 Å². The van der Waals surface area contributed by atoms with Crippen molar-refractivity contribution in [1.29, 1.82) is 5.26 Å². The van der Waals surface area contributed by atoms with Crippen molar-refractivity contribution in [2.45, 2.75) is 36.7 Å². The van der Waals surface area contributed by atoms with Gasteiger partial charge in [-0.15, -0.1) is 11.3 Å². The minimum atomic E-state index is -0.548. The zero-order valence-electron chi connectivity index (χ0n) is 15.3. The number of nitrogens with zero attached hydrogens (tertiary/aromatic N) is 2. The van der Waals surface area contributed by atoms with Gasteiger partial charge in [0.2, 0.25) is 0 Å². The Morgan fingerprint density at radius 3 is 2.38 bits per heavy atom. The van der Waals surface area contributed by atoms with Crippen LogP contribution in [0.15, 0.2) is 47.8 Å². The Bertz CT molecular complexity index is 770. The summed E-state index contributed by atoms with van der Waals surface area (Å²) in [7, 11) is 3.98. The average Bonchev–Trinajstić information content (AvgIpc) is 3.18. The number of carbonyl (C=O) groups is 1. The van der Waals surface area contributed by atoms with Crippen LogP contribution in [0.1, 0.15) is 40.9 Å². The van der Waals surface area contributed by atoms with Crippen LogP contribution in [-0.2, 0) is 10.2 Å². The van der Waals surface area contributed by atoms with Crippen molar-refractivity contribution in [2.75, 3.05) is 20.6 Å².